The minimum absolute atomic E-state index is 0.940. The molecule has 4 nitrogen and oxygen atoms in total. The number of fused-ring (bicyclic) bond motifs is 2. The summed E-state index contributed by atoms with van der Waals surface area (Å²) in [4.78, 5) is 9.61. The van der Waals surface area contributed by atoms with Gasteiger partial charge in [-0.1, -0.05) is 103 Å². The molecular formula is C38H26N4. The number of para-hydroxylation sites is 5. The van der Waals surface area contributed by atoms with Crippen molar-refractivity contribution in [3.8, 4) is 45.0 Å². The highest BCUT2D eigenvalue weighted by atomic mass is 15.1. The van der Waals surface area contributed by atoms with Gasteiger partial charge in [0.2, 0.25) is 0 Å². The number of rotatable bonds is 5. The third-order valence-electron chi connectivity index (χ3n) is 7.84. The van der Waals surface area contributed by atoms with Crippen molar-refractivity contribution in [1.29, 1.82) is 0 Å². The maximum Gasteiger partial charge on any atom is 0.145 e. The van der Waals surface area contributed by atoms with Gasteiger partial charge in [0.1, 0.15) is 12.2 Å². The third-order valence-corrected chi connectivity index (χ3v) is 7.84. The normalized spacial score (nSPS) is 11.3. The van der Waals surface area contributed by atoms with Crippen LogP contribution in [-0.2, 0) is 0 Å². The Labute approximate surface area is 243 Å². The zero-order valence-electron chi connectivity index (χ0n) is 22.8. The SMILES string of the molecule is c1ccc(-c2nc3ccccc3n2-c2ccc(-c3cccc(-c4ccccc4-n4cnc5ccccc54)c3)cc2)cc1. The van der Waals surface area contributed by atoms with Gasteiger partial charge in [-0.15, -0.1) is 0 Å². The standard InChI is InChI=1S/C38H26N4/c1-2-11-28(12-3-1)38-40-34-17-6-9-20-37(34)42(38)31-23-21-27(22-24-31)29-13-10-14-30(25-29)32-15-4-7-18-35(32)41-26-39-33-16-5-8-19-36(33)41/h1-26H. The summed E-state index contributed by atoms with van der Waals surface area (Å²) in [5.74, 6) is 0.940. The van der Waals surface area contributed by atoms with Crippen molar-refractivity contribution in [2.75, 3.05) is 0 Å². The molecule has 8 rings (SSSR count). The Morgan fingerprint density at radius 1 is 0.452 bits per heavy atom. The molecular weight excluding hydrogens is 512 g/mol. The molecule has 2 aromatic heterocycles. The summed E-state index contributed by atoms with van der Waals surface area (Å²) >= 11 is 0. The maximum absolute atomic E-state index is 4.99. The van der Waals surface area contributed by atoms with Crippen LogP contribution < -0.4 is 0 Å². The molecule has 42 heavy (non-hydrogen) atoms. The molecule has 0 aliphatic rings. The molecule has 0 unspecified atom stereocenters. The van der Waals surface area contributed by atoms with Gasteiger partial charge in [0.05, 0.1) is 27.8 Å². The summed E-state index contributed by atoms with van der Waals surface area (Å²) in [6.07, 6.45) is 1.91. The highest BCUT2D eigenvalue weighted by Crippen LogP contribution is 2.33. The minimum atomic E-state index is 0.940. The largest absolute Gasteiger partial charge is 0.298 e. The summed E-state index contributed by atoms with van der Waals surface area (Å²) < 4.78 is 4.42. The number of benzene rings is 6. The van der Waals surface area contributed by atoms with E-state index < -0.39 is 0 Å². The minimum Gasteiger partial charge on any atom is -0.298 e. The Bertz CT molecular complexity index is 2190. The molecule has 8 aromatic rings. The summed E-state index contributed by atoms with van der Waals surface area (Å²) in [5, 5.41) is 0. The van der Waals surface area contributed by atoms with Gasteiger partial charge in [0.25, 0.3) is 0 Å². The van der Waals surface area contributed by atoms with Crippen LogP contribution in [0.2, 0.25) is 0 Å². The Morgan fingerprint density at radius 3 is 1.98 bits per heavy atom. The molecule has 0 aliphatic carbocycles. The first-order chi connectivity index (χ1) is 20.8. The molecule has 198 valence electrons. The van der Waals surface area contributed by atoms with Gasteiger partial charge in [-0.05, 0) is 65.2 Å². The molecule has 4 heteroatoms. The van der Waals surface area contributed by atoms with Crippen molar-refractivity contribution in [2.45, 2.75) is 0 Å². The average molecular weight is 539 g/mol. The van der Waals surface area contributed by atoms with Crippen LogP contribution in [0.5, 0.6) is 0 Å². The van der Waals surface area contributed by atoms with Gasteiger partial charge in [0, 0.05) is 16.8 Å². The van der Waals surface area contributed by atoms with Gasteiger partial charge in [0.15, 0.2) is 0 Å². The number of hydrogen-bond acceptors (Lipinski definition) is 2. The highest BCUT2D eigenvalue weighted by Gasteiger charge is 2.15. The number of aromatic nitrogens is 4. The Hall–Kier alpha value is -5.74. The summed E-state index contributed by atoms with van der Waals surface area (Å²) in [6, 6.07) is 53.0. The van der Waals surface area contributed by atoms with Gasteiger partial charge >= 0.3 is 0 Å². The first kappa shape index (κ1) is 24.1. The van der Waals surface area contributed by atoms with Gasteiger partial charge in [-0.25, -0.2) is 9.97 Å². The lowest BCUT2D eigenvalue weighted by Crippen LogP contribution is -1.97. The molecule has 0 bridgehead atoms. The van der Waals surface area contributed by atoms with Crippen LogP contribution in [0.1, 0.15) is 0 Å². The van der Waals surface area contributed by atoms with E-state index in [0.717, 1.165) is 61.5 Å². The van der Waals surface area contributed by atoms with Crippen molar-refractivity contribution in [3.05, 3.63) is 158 Å². The van der Waals surface area contributed by atoms with Crippen molar-refractivity contribution >= 4 is 22.1 Å². The maximum atomic E-state index is 4.99. The summed E-state index contributed by atoms with van der Waals surface area (Å²) in [6.45, 7) is 0. The monoisotopic (exact) mass is 538 g/mol. The quantitative estimate of drug-likeness (QED) is 0.219. The fraction of sp³-hybridized carbons (Fsp3) is 0. The van der Waals surface area contributed by atoms with E-state index in [1.165, 1.54) is 5.56 Å². The summed E-state index contributed by atoms with van der Waals surface area (Å²) in [5.41, 5.74) is 12.1. The van der Waals surface area contributed by atoms with Crippen LogP contribution in [0.15, 0.2) is 158 Å². The van der Waals surface area contributed by atoms with Crippen LogP contribution in [-0.4, -0.2) is 19.1 Å². The average Bonchev–Trinajstić information content (AvgIpc) is 3.68. The predicted molar refractivity (Wildman–Crippen MR) is 172 cm³/mol. The Balaban J connectivity index is 1.19. The molecule has 0 fully saturated rings. The van der Waals surface area contributed by atoms with Crippen molar-refractivity contribution in [2.24, 2.45) is 0 Å². The first-order valence-electron chi connectivity index (χ1n) is 14.1. The van der Waals surface area contributed by atoms with E-state index in [0.29, 0.717) is 0 Å². The van der Waals surface area contributed by atoms with E-state index in [1.54, 1.807) is 0 Å². The molecule has 6 aromatic carbocycles. The van der Waals surface area contributed by atoms with Crippen LogP contribution in [0.25, 0.3) is 67.1 Å². The number of hydrogen-bond donors (Lipinski definition) is 0. The lowest BCUT2D eigenvalue weighted by Gasteiger charge is -2.14. The second kappa shape index (κ2) is 10.0. The molecule has 0 aliphatic heterocycles. The van der Waals surface area contributed by atoms with Crippen molar-refractivity contribution < 1.29 is 0 Å². The zero-order chi connectivity index (χ0) is 27.9. The van der Waals surface area contributed by atoms with Crippen molar-refractivity contribution in [3.63, 3.8) is 0 Å². The van der Waals surface area contributed by atoms with E-state index in [2.05, 4.69) is 142 Å². The molecule has 2 heterocycles. The Kier molecular flexibility index (Phi) is 5.75. The van der Waals surface area contributed by atoms with Crippen LogP contribution in [0.3, 0.4) is 0 Å². The fourth-order valence-corrected chi connectivity index (χ4v) is 5.82. The molecule has 0 radical (unpaired) electrons. The lowest BCUT2D eigenvalue weighted by atomic mass is 9.97. The zero-order valence-corrected chi connectivity index (χ0v) is 22.8. The lowest BCUT2D eigenvalue weighted by molar-refractivity contribution is 1.09. The van der Waals surface area contributed by atoms with Crippen LogP contribution in [0, 0.1) is 0 Å². The third kappa shape index (κ3) is 4.09. The predicted octanol–water partition coefficient (Wildman–Crippen LogP) is 9.37. The molecule has 0 saturated heterocycles. The number of nitrogens with zero attached hydrogens (tertiary/aromatic N) is 4. The van der Waals surface area contributed by atoms with E-state index in [9.17, 15) is 0 Å². The molecule has 0 spiro atoms. The van der Waals surface area contributed by atoms with Gasteiger partial charge < -0.3 is 0 Å². The smallest absolute Gasteiger partial charge is 0.145 e. The topological polar surface area (TPSA) is 35.6 Å². The summed E-state index contributed by atoms with van der Waals surface area (Å²) in [7, 11) is 0. The molecule has 0 amide bonds. The Morgan fingerprint density at radius 2 is 1.12 bits per heavy atom. The fourth-order valence-electron chi connectivity index (χ4n) is 5.82. The van der Waals surface area contributed by atoms with Gasteiger partial charge in [-0.2, -0.15) is 0 Å². The van der Waals surface area contributed by atoms with E-state index in [-0.39, 0.29) is 0 Å². The van der Waals surface area contributed by atoms with E-state index in [1.807, 2.05) is 30.6 Å². The van der Waals surface area contributed by atoms with E-state index >= 15 is 0 Å². The van der Waals surface area contributed by atoms with Crippen LogP contribution >= 0.6 is 0 Å². The molecule has 0 atom stereocenters. The highest BCUT2D eigenvalue weighted by molar-refractivity contribution is 5.85. The molecule has 0 N–H and O–H groups in total. The first-order valence-corrected chi connectivity index (χ1v) is 14.1. The van der Waals surface area contributed by atoms with Crippen molar-refractivity contribution in [1.82, 2.24) is 19.1 Å². The second-order valence-electron chi connectivity index (χ2n) is 10.4. The number of imidazole rings is 2. The van der Waals surface area contributed by atoms with E-state index in [4.69, 9.17) is 4.98 Å². The molecule has 0 saturated carbocycles. The second-order valence-corrected chi connectivity index (χ2v) is 10.4. The van der Waals surface area contributed by atoms with Crippen LogP contribution in [0.4, 0.5) is 0 Å². The van der Waals surface area contributed by atoms with Gasteiger partial charge in [-0.3, -0.25) is 9.13 Å².